The van der Waals surface area contributed by atoms with Gasteiger partial charge < -0.3 is 10.6 Å². The Morgan fingerprint density at radius 2 is 1.71 bits per heavy atom. The molecular weight excluding hydrogens is 310 g/mol. The van der Waals surface area contributed by atoms with Crippen LogP contribution >= 0.6 is 0 Å². The third kappa shape index (κ3) is 4.39. The van der Waals surface area contributed by atoms with Gasteiger partial charge in [-0.05, 0) is 18.6 Å². The quantitative estimate of drug-likeness (QED) is 0.626. The van der Waals surface area contributed by atoms with Gasteiger partial charge in [0.25, 0.3) is 11.6 Å². The van der Waals surface area contributed by atoms with E-state index in [-0.39, 0.29) is 17.2 Å². The van der Waals surface area contributed by atoms with Gasteiger partial charge in [0.1, 0.15) is 11.6 Å². The van der Waals surface area contributed by atoms with Gasteiger partial charge in [0.15, 0.2) is 0 Å². The van der Waals surface area contributed by atoms with E-state index in [0.717, 1.165) is 5.56 Å². The fraction of sp³-hybridized carbons (Fsp3) is 0.176. The van der Waals surface area contributed by atoms with E-state index >= 15 is 0 Å². The summed E-state index contributed by atoms with van der Waals surface area (Å²) in [6.07, 6.45) is 0. The third-order valence-corrected chi connectivity index (χ3v) is 3.40. The number of amides is 2. The van der Waals surface area contributed by atoms with Crippen LogP contribution in [0.5, 0.6) is 0 Å². The zero-order valence-electron chi connectivity index (χ0n) is 13.1. The first kappa shape index (κ1) is 17.1. The molecule has 2 amide bonds. The summed E-state index contributed by atoms with van der Waals surface area (Å²) in [7, 11) is 0. The number of para-hydroxylation sites is 1. The van der Waals surface area contributed by atoms with E-state index in [2.05, 4.69) is 10.6 Å². The molecule has 7 heteroatoms. The molecule has 1 unspecified atom stereocenters. The van der Waals surface area contributed by atoms with Gasteiger partial charge in [0.05, 0.1) is 4.92 Å². The SMILES string of the molecule is CC(NC(=O)c1ccccc1[N+](=O)[O-])C(=O)NCc1ccccc1. The minimum Gasteiger partial charge on any atom is -0.350 e. The van der Waals surface area contributed by atoms with Crippen LogP contribution in [0.15, 0.2) is 54.6 Å². The Kier molecular flexibility index (Phi) is 5.62. The van der Waals surface area contributed by atoms with Crippen LogP contribution in [0, 0.1) is 10.1 Å². The summed E-state index contributed by atoms with van der Waals surface area (Å²) in [6, 6.07) is 14.1. The lowest BCUT2D eigenvalue weighted by atomic mass is 10.1. The maximum atomic E-state index is 12.2. The summed E-state index contributed by atoms with van der Waals surface area (Å²) in [5, 5.41) is 16.1. The largest absolute Gasteiger partial charge is 0.350 e. The molecule has 0 aliphatic carbocycles. The van der Waals surface area contributed by atoms with Gasteiger partial charge in [-0.15, -0.1) is 0 Å². The molecule has 0 heterocycles. The van der Waals surface area contributed by atoms with Gasteiger partial charge in [0, 0.05) is 12.6 Å². The molecule has 0 radical (unpaired) electrons. The zero-order chi connectivity index (χ0) is 17.5. The molecule has 0 fully saturated rings. The second kappa shape index (κ2) is 7.87. The molecule has 1 atom stereocenters. The molecule has 2 rings (SSSR count). The molecule has 0 aliphatic rings. The van der Waals surface area contributed by atoms with Crippen molar-refractivity contribution < 1.29 is 14.5 Å². The molecular formula is C17H17N3O4. The molecule has 124 valence electrons. The van der Waals surface area contributed by atoms with E-state index in [1.54, 1.807) is 0 Å². The highest BCUT2D eigenvalue weighted by Crippen LogP contribution is 2.17. The number of carbonyl (C=O) groups is 2. The molecule has 0 bridgehead atoms. The lowest BCUT2D eigenvalue weighted by Gasteiger charge is -2.14. The van der Waals surface area contributed by atoms with Crippen molar-refractivity contribution in [2.75, 3.05) is 0 Å². The Hall–Kier alpha value is -3.22. The van der Waals surface area contributed by atoms with Crippen molar-refractivity contribution in [1.82, 2.24) is 10.6 Å². The summed E-state index contributed by atoms with van der Waals surface area (Å²) >= 11 is 0. The second-order valence-corrected chi connectivity index (χ2v) is 5.17. The summed E-state index contributed by atoms with van der Waals surface area (Å²) in [4.78, 5) is 34.5. The number of rotatable bonds is 6. The van der Waals surface area contributed by atoms with Gasteiger partial charge in [0.2, 0.25) is 5.91 Å². The molecule has 2 N–H and O–H groups in total. The van der Waals surface area contributed by atoms with Gasteiger partial charge in [-0.2, -0.15) is 0 Å². The van der Waals surface area contributed by atoms with Crippen LogP contribution < -0.4 is 10.6 Å². The molecule has 7 nitrogen and oxygen atoms in total. The maximum Gasteiger partial charge on any atom is 0.282 e. The number of hydrogen-bond donors (Lipinski definition) is 2. The summed E-state index contributed by atoms with van der Waals surface area (Å²) < 4.78 is 0. The molecule has 0 aliphatic heterocycles. The first-order valence-electron chi connectivity index (χ1n) is 7.35. The standard InChI is InChI=1S/C17H17N3O4/c1-12(16(21)18-11-13-7-3-2-4-8-13)19-17(22)14-9-5-6-10-15(14)20(23)24/h2-10,12H,11H2,1H3,(H,18,21)(H,19,22). The second-order valence-electron chi connectivity index (χ2n) is 5.17. The normalized spacial score (nSPS) is 11.4. The van der Waals surface area contributed by atoms with Crippen molar-refractivity contribution in [2.24, 2.45) is 0 Å². The van der Waals surface area contributed by atoms with E-state index < -0.39 is 16.9 Å². The summed E-state index contributed by atoms with van der Waals surface area (Å²) in [5.74, 6) is -1.03. The Labute approximate surface area is 138 Å². The van der Waals surface area contributed by atoms with Crippen molar-refractivity contribution in [3.63, 3.8) is 0 Å². The Morgan fingerprint density at radius 1 is 1.08 bits per heavy atom. The Morgan fingerprint density at radius 3 is 2.38 bits per heavy atom. The minimum atomic E-state index is -0.818. The van der Waals surface area contributed by atoms with Crippen molar-refractivity contribution >= 4 is 17.5 Å². The van der Waals surface area contributed by atoms with E-state index in [0.29, 0.717) is 6.54 Å². The fourth-order valence-corrected chi connectivity index (χ4v) is 2.10. The predicted octanol–water partition coefficient (Wildman–Crippen LogP) is 2.03. The monoisotopic (exact) mass is 327 g/mol. The Bertz CT molecular complexity index is 747. The average molecular weight is 327 g/mol. The smallest absolute Gasteiger partial charge is 0.282 e. The van der Waals surface area contributed by atoms with Crippen LogP contribution in [0.2, 0.25) is 0 Å². The van der Waals surface area contributed by atoms with Crippen LogP contribution in [0.25, 0.3) is 0 Å². The molecule has 0 spiro atoms. The number of nitrogens with zero attached hydrogens (tertiary/aromatic N) is 1. The third-order valence-electron chi connectivity index (χ3n) is 3.40. The average Bonchev–Trinajstić information content (AvgIpc) is 2.60. The highest BCUT2D eigenvalue weighted by atomic mass is 16.6. The summed E-state index contributed by atoms with van der Waals surface area (Å²) in [5.41, 5.74) is 0.556. The minimum absolute atomic E-state index is 0.0785. The molecule has 0 saturated carbocycles. The van der Waals surface area contributed by atoms with Crippen LogP contribution in [0.3, 0.4) is 0 Å². The van der Waals surface area contributed by atoms with Crippen LogP contribution in [0.4, 0.5) is 5.69 Å². The van der Waals surface area contributed by atoms with Crippen molar-refractivity contribution in [3.05, 3.63) is 75.8 Å². The van der Waals surface area contributed by atoms with Gasteiger partial charge >= 0.3 is 0 Å². The molecule has 0 saturated heterocycles. The number of nitro benzene ring substituents is 1. The number of nitro groups is 1. The van der Waals surface area contributed by atoms with E-state index in [1.165, 1.54) is 31.2 Å². The lowest BCUT2D eigenvalue weighted by Crippen LogP contribution is -2.44. The summed E-state index contributed by atoms with van der Waals surface area (Å²) in [6.45, 7) is 1.86. The molecule has 2 aromatic rings. The molecule has 0 aromatic heterocycles. The van der Waals surface area contributed by atoms with Crippen molar-refractivity contribution in [2.45, 2.75) is 19.5 Å². The van der Waals surface area contributed by atoms with E-state index in [4.69, 9.17) is 0 Å². The van der Waals surface area contributed by atoms with Crippen molar-refractivity contribution in [3.8, 4) is 0 Å². The Balaban J connectivity index is 1.96. The zero-order valence-corrected chi connectivity index (χ0v) is 13.1. The number of carbonyl (C=O) groups excluding carboxylic acids is 2. The predicted molar refractivity (Wildman–Crippen MR) is 88.3 cm³/mol. The van der Waals surface area contributed by atoms with Crippen LogP contribution in [0.1, 0.15) is 22.8 Å². The molecule has 24 heavy (non-hydrogen) atoms. The number of hydrogen-bond acceptors (Lipinski definition) is 4. The van der Waals surface area contributed by atoms with Gasteiger partial charge in [-0.25, -0.2) is 0 Å². The number of benzene rings is 2. The van der Waals surface area contributed by atoms with E-state index in [1.807, 2.05) is 30.3 Å². The lowest BCUT2D eigenvalue weighted by molar-refractivity contribution is -0.385. The topological polar surface area (TPSA) is 101 Å². The van der Waals surface area contributed by atoms with Crippen LogP contribution in [-0.4, -0.2) is 22.8 Å². The number of nitrogens with one attached hydrogen (secondary N) is 2. The highest BCUT2D eigenvalue weighted by Gasteiger charge is 2.22. The van der Waals surface area contributed by atoms with Gasteiger partial charge in [-0.3, -0.25) is 19.7 Å². The van der Waals surface area contributed by atoms with Crippen LogP contribution in [-0.2, 0) is 11.3 Å². The highest BCUT2D eigenvalue weighted by molar-refractivity contribution is 6.00. The van der Waals surface area contributed by atoms with Gasteiger partial charge in [-0.1, -0.05) is 42.5 Å². The maximum absolute atomic E-state index is 12.2. The fourth-order valence-electron chi connectivity index (χ4n) is 2.10. The first-order chi connectivity index (χ1) is 11.5. The molecule has 2 aromatic carbocycles. The van der Waals surface area contributed by atoms with E-state index in [9.17, 15) is 19.7 Å². The first-order valence-corrected chi connectivity index (χ1v) is 7.35. The van der Waals surface area contributed by atoms with Crippen molar-refractivity contribution in [1.29, 1.82) is 0 Å².